The van der Waals surface area contributed by atoms with Crippen LogP contribution in [0.5, 0.6) is 0 Å². The summed E-state index contributed by atoms with van der Waals surface area (Å²) < 4.78 is 44.6. The van der Waals surface area contributed by atoms with E-state index in [9.17, 15) is 13.2 Å². The van der Waals surface area contributed by atoms with Crippen molar-refractivity contribution in [3.63, 3.8) is 0 Å². The molecule has 154 valence electrons. The maximum Gasteiger partial charge on any atom is 0.248 e. The summed E-state index contributed by atoms with van der Waals surface area (Å²) in [6.45, 7) is 1.91. The fraction of sp³-hybridized carbons (Fsp3) is 0.318. The third-order valence-electron chi connectivity index (χ3n) is 5.77. The predicted molar refractivity (Wildman–Crippen MR) is 107 cm³/mol. The van der Waals surface area contributed by atoms with Crippen LogP contribution in [-0.2, 0) is 0 Å². The molecule has 0 atom stereocenters. The molecule has 0 aliphatic heterocycles. The summed E-state index contributed by atoms with van der Waals surface area (Å²) in [6.07, 6.45) is 3.88. The van der Waals surface area contributed by atoms with Crippen molar-refractivity contribution in [3.8, 4) is 22.6 Å². The van der Waals surface area contributed by atoms with Gasteiger partial charge in [0, 0.05) is 24.4 Å². The molecule has 0 unspecified atom stereocenters. The SMILES string of the molecule is Cc1cnc2ccc(-c3c(-c4ccc(F)cc4)ncn3C3CCC(F)(F)CC3)nn12. The zero-order valence-electron chi connectivity index (χ0n) is 16.4. The lowest BCUT2D eigenvalue weighted by atomic mass is 9.91. The molecule has 8 heteroatoms. The molecular formula is C22H20F3N5. The first-order valence-corrected chi connectivity index (χ1v) is 9.94. The molecule has 1 fully saturated rings. The standard InChI is InChI=1S/C22H20F3N5/c1-14-12-26-19-7-6-18(28-30(14)19)21-20(15-2-4-16(23)5-3-15)27-13-29(21)17-8-10-22(24,25)11-9-17/h2-7,12-13,17H,8-11H2,1H3. The molecule has 0 bridgehead atoms. The van der Waals surface area contributed by atoms with Crippen LogP contribution in [0.25, 0.3) is 28.3 Å². The van der Waals surface area contributed by atoms with Gasteiger partial charge in [0.25, 0.3) is 0 Å². The first kappa shape index (κ1) is 18.8. The van der Waals surface area contributed by atoms with Crippen molar-refractivity contribution >= 4 is 5.65 Å². The molecule has 3 heterocycles. The molecule has 5 nitrogen and oxygen atoms in total. The number of aromatic nitrogens is 5. The number of hydrogen-bond donors (Lipinski definition) is 0. The number of benzene rings is 1. The van der Waals surface area contributed by atoms with E-state index in [2.05, 4.69) is 9.97 Å². The lowest BCUT2D eigenvalue weighted by Crippen LogP contribution is -2.26. The molecule has 0 N–H and O–H groups in total. The molecule has 0 spiro atoms. The number of aryl methyl sites for hydroxylation is 1. The first-order valence-electron chi connectivity index (χ1n) is 9.94. The molecule has 30 heavy (non-hydrogen) atoms. The lowest BCUT2D eigenvalue weighted by molar-refractivity contribution is -0.0438. The summed E-state index contributed by atoms with van der Waals surface area (Å²) in [5, 5.41) is 4.74. The molecule has 1 aliphatic carbocycles. The average molecular weight is 411 g/mol. The number of nitrogens with zero attached hydrogens (tertiary/aromatic N) is 5. The van der Waals surface area contributed by atoms with Gasteiger partial charge in [-0.2, -0.15) is 5.10 Å². The van der Waals surface area contributed by atoms with Crippen molar-refractivity contribution in [1.29, 1.82) is 0 Å². The highest BCUT2D eigenvalue weighted by atomic mass is 19.3. The number of fused-ring (bicyclic) bond motifs is 1. The number of imidazole rings is 2. The van der Waals surface area contributed by atoms with Crippen LogP contribution in [0.1, 0.15) is 37.4 Å². The van der Waals surface area contributed by atoms with Crippen LogP contribution in [0.4, 0.5) is 13.2 Å². The van der Waals surface area contributed by atoms with Gasteiger partial charge >= 0.3 is 0 Å². The molecule has 5 rings (SSSR count). The number of rotatable bonds is 3. The van der Waals surface area contributed by atoms with Crippen LogP contribution in [0.2, 0.25) is 0 Å². The topological polar surface area (TPSA) is 48.0 Å². The minimum absolute atomic E-state index is 0.0947. The second-order valence-corrected chi connectivity index (χ2v) is 7.83. The summed E-state index contributed by atoms with van der Waals surface area (Å²) in [7, 11) is 0. The quantitative estimate of drug-likeness (QED) is 0.450. The number of alkyl halides is 2. The van der Waals surface area contributed by atoms with Crippen LogP contribution >= 0.6 is 0 Å². The minimum atomic E-state index is -2.61. The Hall–Kier alpha value is -3.16. The Morgan fingerprint density at radius 3 is 2.47 bits per heavy atom. The van der Waals surface area contributed by atoms with Crippen LogP contribution in [0.3, 0.4) is 0 Å². The monoisotopic (exact) mass is 411 g/mol. The minimum Gasteiger partial charge on any atom is -0.326 e. The maximum atomic E-state index is 13.7. The van der Waals surface area contributed by atoms with Gasteiger partial charge in [-0.15, -0.1) is 0 Å². The summed E-state index contributed by atoms with van der Waals surface area (Å²) >= 11 is 0. The van der Waals surface area contributed by atoms with Gasteiger partial charge in [0.2, 0.25) is 5.92 Å². The van der Waals surface area contributed by atoms with E-state index >= 15 is 0 Å². The van der Waals surface area contributed by atoms with Gasteiger partial charge in [-0.1, -0.05) is 0 Å². The van der Waals surface area contributed by atoms with Crippen molar-refractivity contribution < 1.29 is 13.2 Å². The van der Waals surface area contributed by atoms with Gasteiger partial charge in [-0.05, 0) is 56.2 Å². The van der Waals surface area contributed by atoms with Crippen molar-refractivity contribution in [2.45, 2.75) is 44.6 Å². The zero-order valence-corrected chi connectivity index (χ0v) is 16.4. The first-order chi connectivity index (χ1) is 14.4. The van der Waals surface area contributed by atoms with Crippen LogP contribution in [-0.4, -0.2) is 30.1 Å². The van der Waals surface area contributed by atoms with Gasteiger partial charge in [-0.3, -0.25) is 0 Å². The molecule has 1 saturated carbocycles. The Morgan fingerprint density at radius 1 is 1.00 bits per heavy atom. The maximum absolute atomic E-state index is 13.7. The average Bonchev–Trinajstić information content (AvgIpc) is 3.33. The largest absolute Gasteiger partial charge is 0.326 e. The highest BCUT2D eigenvalue weighted by molar-refractivity contribution is 5.77. The zero-order chi connectivity index (χ0) is 20.9. The van der Waals surface area contributed by atoms with Gasteiger partial charge < -0.3 is 4.57 Å². The van der Waals surface area contributed by atoms with Gasteiger partial charge in [0.05, 0.1) is 29.6 Å². The van der Waals surface area contributed by atoms with E-state index in [4.69, 9.17) is 5.10 Å². The highest BCUT2D eigenvalue weighted by Crippen LogP contribution is 2.41. The summed E-state index contributed by atoms with van der Waals surface area (Å²) in [5.41, 5.74) is 4.42. The summed E-state index contributed by atoms with van der Waals surface area (Å²) in [5.74, 6) is -2.94. The highest BCUT2D eigenvalue weighted by Gasteiger charge is 2.36. The predicted octanol–water partition coefficient (Wildman–Crippen LogP) is 5.46. The van der Waals surface area contributed by atoms with Gasteiger partial charge in [0.15, 0.2) is 5.65 Å². The Kier molecular flexibility index (Phi) is 4.38. The molecular weight excluding hydrogens is 391 g/mol. The smallest absolute Gasteiger partial charge is 0.248 e. The summed E-state index contributed by atoms with van der Waals surface area (Å²) in [4.78, 5) is 8.89. The molecule has 0 saturated heterocycles. The van der Waals surface area contributed by atoms with E-state index in [1.807, 2.05) is 23.6 Å². The van der Waals surface area contributed by atoms with Crippen molar-refractivity contribution in [2.24, 2.45) is 0 Å². The second-order valence-electron chi connectivity index (χ2n) is 7.83. The second kappa shape index (κ2) is 6.97. The Labute approximate surface area is 171 Å². The van der Waals surface area contributed by atoms with Crippen molar-refractivity contribution in [2.75, 3.05) is 0 Å². The van der Waals surface area contributed by atoms with Crippen molar-refractivity contribution in [3.05, 3.63) is 60.4 Å². The molecule has 1 aromatic carbocycles. The normalized spacial score (nSPS) is 16.9. The van der Waals surface area contributed by atoms with E-state index in [-0.39, 0.29) is 24.7 Å². The van der Waals surface area contributed by atoms with E-state index in [0.717, 1.165) is 22.6 Å². The molecule has 3 aromatic heterocycles. The third-order valence-corrected chi connectivity index (χ3v) is 5.77. The fourth-order valence-corrected chi connectivity index (χ4v) is 4.13. The lowest BCUT2D eigenvalue weighted by Gasteiger charge is -2.30. The van der Waals surface area contributed by atoms with E-state index in [0.29, 0.717) is 24.2 Å². The van der Waals surface area contributed by atoms with E-state index < -0.39 is 5.92 Å². The Balaban J connectivity index is 1.66. The molecule has 0 radical (unpaired) electrons. The number of hydrogen-bond acceptors (Lipinski definition) is 3. The van der Waals surface area contributed by atoms with Crippen LogP contribution < -0.4 is 0 Å². The number of halogens is 3. The van der Waals surface area contributed by atoms with Crippen LogP contribution in [0.15, 0.2) is 48.9 Å². The van der Waals surface area contributed by atoms with Gasteiger partial charge in [-0.25, -0.2) is 27.7 Å². The summed E-state index contributed by atoms with van der Waals surface area (Å²) in [6, 6.07) is 9.74. The van der Waals surface area contributed by atoms with Crippen molar-refractivity contribution in [1.82, 2.24) is 24.1 Å². The van der Waals surface area contributed by atoms with Crippen LogP contribution in [0, 0.1) is 12.7 Å². The Morgan fingerprint density at radius 2 is 1.73 bits per heavy atom. The third kappa shape index (κ3) is 3.26. The van der Waals surface area contributed by atoms with E-state index in [1.54, 1.807) is 29.2 Å². The molecule has 4 aromatic rings. The van der Waals surface area contributed by atoms with Gasteiger partial charge in [0.1, 0.15) is 11.5 Å². The molecule has 1 aliphatic rings. The fourth-order valence-electron chi connectivity index (χ4n) is 4.13. The molecule has 0 amide bonds. The Bertz CT molecular complexity index is 1200. The van der Waals surface area contributed by atoms with E-state index in [1.165, 1.54) is 12.1 Å².